The van der Waals surface area contributed by atoms with Gasteiger partial charge in [-0.2, -0.15) is 0 Å². The topological polar surface area (TPSA) is 61.4 Å². The molecule has 1 aliphatic heterocycles. The molecule has 2 aliphatic rings. The van der Waals surface area contributed by atoms with Crippen LogP contribution in [0.15, 0.2) is 0 Å². The maximum atomic E-state index is 10.9. The molecule has 0 bridgehead atoms. The summed E-state index contributed by atoms with van der Waals surface area (Å²) in [6.45, 7) is 6.22. The van der Waals surface area contributed by atoms with Crippen LogP contribution < -0.4 is 10.6 Å². The van der Waals surface area contributed by atoms with Gasteiger partial charge in [0.15, 0.2) is 0 Å². The molecular weight excluding hydrogens is 216 g/mol. The van der Waals surface area contributed by atoms with Crippen LogP contribution in [0.3, 0.4) is 0 Å². The molecule has 4 nitrogen and oxygen atoms in total. The zero-order chi connectivity index (χ0) is 12.5. The Morgan fingerprint density at radius 3 is 2.35 bits per heavy atom. The molecule has 0 atom stereocenters. The third-order valence-electron chi connectivity index (χ3n) is 4.27. The van der Waals surface area contributed by atoms with E-state index >= 15 is 0 Å². The van der Waals surface area contributed by atoms with Crippen LogP contribution in [-0.4, -0.2) is 35.7 Å². The summed E-state index contributed by atoms with van der Waals surface area (Å²) >= 11 is 0. The molecule has 3 N–H and O–H groups in total. The van der Waals surface area contributed by atoms with Gasteiger partial charge in [-0.05, 0) is 31.1 Å². The van der Waals surface area contributed by atoms with Crippen LogP contribution in [0.5, 0.6) is 0 Å². The monoisotopic (exact) mass is 240 g/mol. The fourth-order valence-electron chi connectivity index (χ4n) is 2.97. The Bertz CT molecular complexity index is 288. The van der Waals surface area contributed by atoms with E-state index in [1.54, 1.807) is 0 Å². The zero-order valence-electron chi connectivity index (χ0n) is 10.9. The lowest BCUT2D eigenvalue weighted by molar-refractivity contribution is -0.139. The highest BCUT2D eigenvalue weighted by Crippen LogP contribution is 2.36. The number of hydrogen-bond acceptors (Lipinski definition) is 3. The van der Waals surface area contributed by atoms with E-state index in [1.165, 1.54) is 25.7 Å². The highest BCUT2D eigenvalue weighted by molar-refractivity contribution is 5.68. The van der Waals surface area contributed by atoms with Crippen molar-refractivity contribution in [2.24, 2.45) is 5.41 Å². The molecule has 1 saturated carbocycles. The molecule has 1 saturated heterocycles. The third kappa shape index (κ3) is 3.19. The second-order valence-electron chi connectivity index (χ2n) is 6.54. The number of aliphatic carboxylic acids is 1. The Morgan fingerprint density at radius 2 is 1.94 bits per heavy atom. The summed E-state index contributed by atoms with van der Waals surface area (Å²) in [6, 6.07) is 0.504. The van der Waals surface area contributed by atoms with Crippen molar-refractivity contribution in [1.29, 1.82) is 0 Å². The van der Waals surface area contributed by atoms with Gasteiger partial charge in [0.1, 0.15) is 0 Å². The molecule has 0 unspecified atom stereocenters. The molecule has 0 radical (unpaired) electrons. The van der Waals surface area contributed by atoms with Crippen molar-refractivity contribution in [2.45, 2.75) is 57.5 Å². The van der Waals surface area contributed by atoms with Gasteiger partial charge in [-0.1, -0.05) is 13.8 Å². The molecule has 0 aromatic rings. The Hall–Kier alpha value is -0.610. The van der Waals surface area contributed by atoms with E-state index in [0.29, 0.717) is 11.5 Å². The maximum absolute atomic E-state index is 10.9. The van der Waals surface area contributed by atoms with E-state index in [2.05, 4.69) is 24.5 Å². The second kappa shape index (κ2) is 4.58. The summed E-state index contributed by atoms with van der Waals surface area (Å²) in [5, 5.41) is 15.7. The Kier molecular flexibility index (Phi) is 3.46. The van der Waals surface area contributed by atoms with Crippen molar-refractivity contribution >= 4 is 5.97 Å². The van der Waals surface area contributed by atoms with Crippen LogP contribution in [0.25, 0.3) is 0 Å². The van der Waals surface area contributed by atoms with E-state index in [-0.39, 0.29) is 12.0 Å². The van der Waals surface area contributed by atoms with Gasteiger partial charge in [0.2, 0.25) is 0 Å². The first kappa shape index (κ1) is 12.8. The number of nitrogens with one attached hydrogen (secondary N) is 2. The highest BCUT2D eigenvalue weighted by Gasteiger charge is 2.41. The number of carboxylic acids is 1. The van der Waals surface area contributed by atoms with Crippen molar-refractivity contribution < 1.29 is 9.90 Å². The van der Waals surface area contributed by atoms with E-state index in [9.17, 15) is 4.79 Å². The van der Waals surface area contributed by atoms with Gasteiger partial charge in [-0.25, -0.2) is 0 Å². The minimum atomic E-state index is -0.699. The second-order valence-corrected chi connectivity index (χ2v) is 6.54. The average Bonchev–Trinajstić information content (AvgIpc) is 2.17. The first-order valence-corrected chi connectivity index (χ1v) is 6.61. The van der Waals surface area contributed by atoms with Crippen molar-refractivity contribution in [3.8, 4) is 0 Å². The van der Waals surface area contributed by atoms with E-state index in [0.717, 1.165) is 13.1 Å². The maximum Gasteiger partial charge on any atom is 0.305 e. The Balaban J connectivity index is 1.86. The SMILES string of the molecule is CC1(C)CCC(NC2(CC(=O)O)CNC2)CC1. The minimum Gasteiger partial charge on any atom is -0.481 e. The predicted octanol–water partition coefficient (Wildman–Crippen LogP) is 1.36. The molecule has 1 aliphatic carbocycles. The molecule has 0 amide bonds. The standard InChI is InChI=1S/C13H24N2O2/c1-12(2)5-3-10(4-6-12)15-13(7-11(16)17)8-14-9-13/h10,14-15H,3-9H2,1-2H3,(H,16,17). The van der Waals surface area contributed by atoms with Crippen molar-refractivity contribution in [3.63, 3.8) is 0 Å². The molecule has 2 rings (SSSR count). The normalized spacial score (nSPS) is 27.4. The van der Waals surface area contributed by atoms with Gasteiger partial charge in [-0.3, -0.25) is 4.79 Å². The molecule has 2 fully saturated rings. The third-order valence-corrected chi connectivity index (χ3v) is 4.27. The van der Waals surface area contributed by atoms with Crippen molar-refractivity contribution in [2.75, 3.05) is 13.1 Å². The number of carbonyl (C=O) groups is 1. The molecule has 0 aromatic heterocycles. The van der Waals surface area contributed by atoms with Gasteiger partial charge in [-0.15, -0.1) is 0 Å². The van der Waals surface area contributed by atoms with Crippen molar-refractivity contribution in [3.05, 3.63) is 0 Å². The molecule has 0 spiro atoms. The van der Waals surface area contributed by atoms with Crippen molar-refractivity contribution in [1.82, 2.24) is 10.6 Å². The van der Waals surface area contributed by atoms with Gasteiger partial charge in [0.25, 0.3) is 0 Å². The summed E-state index contributed by atoms with van der Waals surface area (Å²) in [5.74, 6) is -0.699. The summed E-state index contributed by atoms with van der Waals surface area (Å²) in [5.41, 5.74) is 0.286. The van der Waals surface area contributed by atoms with Crippen LogP contribution in [0, 0.1) is 5.41 Å². The number of hydrogen-bond donors (Lipinski definition) is 3. The summed E-state index contributed by atoms with van der Waals surface area (Å²) in [6.07, 6.45) is 5.06. The van der Waals surface area contributed by atoms with Crippen LogP contribution >= 0.6 is 0 Å². The minimum absolute atomic E-state index is 0.183. The largest absolute Gasteiger partial charge is 0.481 e. The molecule has 1 heterocycles. The van der Waals surface area contributed by atoms with E-state index < -0.39 is 5.97 Å². The Morgan fingerprint density at radius 1 is 1.35 bits per heavy atom. The van der Waals surface area contributed by atoms with Crippen LogP contribution in [0.1, 0.15) is 46.0 Å². The highest BCUT2D eigenvalue weighted by atomic mass is 16.4. The number of carboxylic acid groups (broad SMARTS) is 1. The smallest absolute Gasteiger partial charge is 0.305 e. The quantitative estimate of drug-likeness (QED) is 0.694. The molecule has 0 aromatic carbocycles. The number of rotatable bonds is 4. The summed E-state index contributed by atoms with van der Waals surface area (Å²) < 4.78 is 0. The summed E-state index contributed by atoms with van der Waals surface area (Å²) in [7, 11) is 0. The first-order valence-electron chi connectivity index (χ1n) is 6.61. The fourth-order valence-corrected chi connectivity index (χ4v) is 2.97. The molecule has 98 valence electrons. The van der Waals surface area contributed by atoms with Crippen LogP contribution in [0.2, 0.25) is 0 Å². The Labute approximate surface area is 103 Å². The first-order chi connectivity index (χ1) is 7.91. The van der Waals surface area contributed by atoms with Gasteiger partial charge < -0.3 is 15.7 Å². The summed E-state index contributed by atoms with van der Waals surface area (Å²) in [4.78, 5) is 10.9. The van der Waals surface area contributed by atoms with Gasteiger partial charge in [0, 0.05) is 19.1 Å². The molecular formula is C13H24N2O2. The average molecular weight is 240 g/mol. The van der Waals surface area contributed by atoms with Crippen LogP contribution in [0.4, 0.5) is 0 Å². The van der Waals surface area contributed by atoms with E-state index in [4.69, 9.17) is 5.11 Å². The lowest BCUT2D eigenvalue weighted by Gasteiger charge is -2.47. The lowest BCUT2D eigenvalue weighted by Crippen LogP contribution is -2.70. The lowest BCUT2D eigenvalue weighted by atomic mass is 9.74. The predicted molar refractivity (Wildman–Crippen MR) is 67.0 cm³/mol. The zero-order valence-corrected chi connectivity index (χ0v) is 10.9. The molecule has 4 heteroatoms. The van der Waals surface area contributed by atoms with E-state index in [1.807, 2.05) is 0 Å². The van der Waals surface area contributed by atoms with Gasteiger partial charge >= 0.3 is 5.97 Å². The van der Waals surface area contributed by atoms with Gasteiger partial charge in [0.05, 0.1) is 12.0 Å². The van der Waals surface area contributed by atoms with Crippen LogP contribution in [-0.2, 0) is 4.79 Å². The molecule has 17 heavy (non-hydrogen) atoms. The fraction of sp³-hybridized carbons (Fsp3) is 0.923.